The van der Waals surface area contributed by atoms with Gasteiger partial charge in [-0.1, -0.05) is 12.1 Å². The lowest BCUT2D eigenvalue weighted by Gasteiger charge is -2.31. The number of rotatable bonds is 2. The van der Waals surface area contributed by atoms with Gasteiger partial charge in [0.25, 0.3) is 0 Å². The van der Waals surface area contributed by atoms with Crippen LogP contribution in [0, 0.1) is 5.82 Å². The van der Waals surface area contributed by atoms with E-state index in [4.69, 9.17) is 4.74 Å². The molecule has 0 bridgehead atoms. The summed E-state index contributed by atoms with van der Waals surface area (Å²) in [4.78, 5) is 26.5. The van der Waals surface area contributed by atoms with Crippen molar-refractivity contribution in [1.82, 2.24) is 0 Å². The number of phenolic OH excluding ortho intramolecular Hbond substituents is 1. The standard InChI is InChI=1S/C19H14FNO4/c20-12-3-5-13(6-4-12)21-16-10-25-19(24)18(16)15(9-17(21)23)11-1-7-14(22)8-2-11/h1-8,15,22H,9-10H2/t15-/m1/s1. The molecule has 1 amide bonds. The van der Waals surface area contributed by atoms with Gasteiger partial charge < -0.3 is 9.84 Å². The smallest absolute Gasteiger partial charge is 0.336 e. The molecule has 0 spiro atoms. The first kappa shape index (κ1) is 15.4. The van der Waals surface area contributed by atoms with E-state index in [1.807, 2.05) is 0 Å². The molecule has 2 aliphatic heterocycles. The Morgan fingerprint density at radius 1 is 1.04 bits per heavy atom. The van der Waals surface area contributed by atoms with Crippen LogP contribution in [0.5, 0.6) is 5.75 Å². The summed E-state index contributed by atoms with van der Waals surface area (Å²) < 4.78 is 18.4. The van der Waals surface area contributed by atoms with E-state index in [0.717, 1.165) is 5.56 Å². The summed E-state index contributed by atoms with van der Waals surface area (Å²) in [6.45, 7) is 0.00582. The van der Waals surface area contributed by atoms with Gasteiger partial charge in [-0.2, -0.15) is 0 Å². The van der Waals surface area contributed by atoms with Crippen molar-refractivity contribution in [2.24, 2.45) is 0 Å². The van der Waals surface area contributed by atoms with Crippen LogP contribution >= 0.6 is 0 Å². The first-order valence-corrected chi connectivity index (χ1v) is 7.82. The van der Waals surface area contributed by atoms with Crippen molar-refractivity contribution in [3.8, 4) is 5.75 Å². The van der Waals surface area contributed by atoms with Crippen molar-refractivity contribution in [3.05, 3.63) is 71.2 Å². The zero-order chi connectivity index (χ0) is 17.6. The van der Waals surface area contributed by atoms with Crippen LogP contribution in [-0.4, -0.2) is 23.6 Å². The van der Waals surface area contributed by atoms with Gasteiger partial charge in [0, 0.05) is 18.0 Å². The van der Waals surface area contributed by atoms with E-state index in [1.54, 1.807) is 12.1 Å². The largest absolute Gasteiger partial charge is 0.508 e. The molecule has 0 fully saturated rings. The maximum absolute atomic E-state index is 13.2. The average molecular weight is 339 g/mol. The van der Waals surface area contributed by atoms with Crippen LogP contribution in [0.3, 0.4) is 0 Å². The van der Waals surface area contributed by atoms with Crippen LogP contribution in [0.4, 0.5) is 10.1 Å². The molecular weight excluding hydrogens is 325 g/mol. The molecule has 0 saturated carbocycles. The number of benzene rings is 2. The molecule has 5 nitrogen and oxygen atoms in total. The molecule has 25 heavy (non-hydrogen) atoms. The molecule has 1 atom stereocenters. The number of nitrogens with zero attached hydrogens (tertiary/aromatic N) is 1. The highest BCUT2D eigenvalue weighted by molar-refractivity contribution is 6.06. The average Bonchev–Trinajstić information content (AvgIpc) is 2.98. The van der Waals surface area contributed by atoms with Crippen molar-refractivity contribution in [2.45, 2.75) is 12.3 Å². The van der Waals surface area contributed by atoms with Gasteiger partial charge in [0.2, 0.25) is 5.91 Å². The van der Waals surface area contributed by atoms with E-state index in [-0.39, 0.29) is 24.7 Å². The van der Waals surface area contributed by atoms with Gasteiger partial charge in [-0.15, -0.1) is 0 Å². The van der Waals surface area contributed by atoms with Crippen LogP contribution in [-0.2, 0) is 14.3 Å². The Morgan fingerprint density at radius 2 is 1.72 bits per heavy atom. The molecular formula is C19H14FNO4. The summed E-state index contributed by atoms with van der Waals surface area (Å²) in [7, 11) is 0. The van der Waals surface area contributed by atoms with Gasteiger partial charge in [-0.3, -0.25) is 9.69 Å². The maximum atomic E-state index is 13.2. The SMILES string of the molecule is O=C1OCC2=C1[C@@H](c1ccc(O)cc1)CC(=O)N2c1ccc(F)cc1. The quantitative estimate of drug-likeness (QED) is 0.855. The molecule has 0 unspecified atom stereocenters. The molecule has 2 aliphatic rings. The molecule has 0 radical (unpaired) electrons. The minimum Gasteiger partial charge on any atom is -0.508 e. The summed E-state index contributed by atoms with van der Waals surface area (Å²) in [5.74, 6) is -1.35. The van der Waals surface area contributed by atoms with Gasteiger partial charge in [-0.25, -0.2) is 9.18 Å². The lowest BCUT2D eigenvalue weighted by molar-refractivity contribution is -0.136. The van der Waals surface area contributed by atoms with E-state index < -0.39 is 17.7 Å². The molecule has 0 aliphatic carbocycles. The zero-order valence-electron chi connectivity index (χ0n) is 13.1. The van der Waals surface area contributed by atoms with Crippen molar-refractivity contribution in [3.63, 3.8) is 0 Å². The number of anilines is 1. The summed E-state index contributed by atoms with van der Waals surface area (Å²) in [5, 5.41) is 9.45. The van der Waals surface area contributed by atoms with Gasteiger partial charge >= 0.3 is 5.97 Å². The minimum atomic E-state index is -0.451. The van der Waals surface area contributed by atoms with Crippen molar-refractivity contribution in [2.75, 3.05) is 11.5 Å². The second kappa shape index (κ2) is 5.73. The number of hydrogen-bond acceptors (Lipinski definition) is 4. The highest BCUT2D eigenvalue weighted by atomic mass is 19.1. The molecule has 6 heteroatoms. The molecule has 126 valence electrons. The lowest BCUT2D eigenvalue weighted by Crippen LogP contribution is -2.37. The third-order valence-corrected chi connectivity index (χ3v) is 4.50. The number of carbonyl (C=O) groups excluding carboxylic acids is 2. The Labute approximate surface area is 142 Å². The van der Waals surface area contributed by atoms with Gasteiger partial charge in [0.05, 0.1) is 11.3 Å². The normalized spacial score (nSPS) is 19.9. The molecule has 2 aromatic carbocycles. The monoisotopic (exact) mass is 339 g/mol. The second-order valence-corrected chi connectivity index (χ2v) is 5.99. The fourth-order valence-electron chi connectivity index (χ4n) is 3.34. The molecule has 0 saturated heterocycles. The predicted molar refractivity (Wildman–Crippen MR) is 87.3 cm³/mol. The number of amides is 1. The molecule has 2 heterocycles. The fourth-order valence-corrected chi connectivity index (χ4v) is 3.34. The molecule has 1 N–H and O–H groups in total. The Hall–Kier alpha value is -3.15. The summed E-state index contributed by atoms with van der Waals surface area (Å²) in [5.41, 5.74) is 2.19. The summed E-state index contributed by atoms with van der Waals surface area (Å²) in [6.07, 6.45) is 0.0933. The highest BCUT2D eigenvalue weighted by Crippen LogP contribution is 2.42. The fraction of sp³-hybridized carbons (Fsp3) is 0.158. The predicted octanol–water partition coefficient (Wildman–Crippen LogP) is 2.86. The van der Waals surface area contributed by atoms with Crippen LogP contribution < -0.4 is 4.90 Å². The summed E-state index contributed by atoms with van der Waals surface area (Å²) in [6, 6.07) is 12.0. The Morgan fingerprint density at radius 3 is 2.40 bits per heavy atom. The van der Waals surface area contributed by atoms with E-state index in [0.29, 0.717) is 17.0 Å². The first-order chi connectivity index (χ1) is 12.0. The number of halogens is 1. The van der Waals surface area contributed by atoms with Crippen molar-refractivity contribution in [1.29, 1.82) is 0 Å². The number of phenols is 1. The number of aromatic hydroxyl groups is 1. The number of hydrogen-bond donors (Lipinski definition) is 1. The van der Waals surface area contributed by atoms with E-state index in [2.05, 4.69) is 0 Å². The van der Waals surface area contributed by atoms with E-state index in [9.17, 15) is 19.1 Å². The molecule has 0 aromatic heterocycles. The Bertz CT molecular complexity index is 887. The number of cyclic esters (lactones) is 1. The second-order valence-electron chi connectivity index (χ2n) is 5.99. The van der Waals surface area contributed by atoms with Crippen LogP contribution in [0.2, 0.25) is 0 Å². The van der Waals surface area contributed by atoms with E-state index >= 15 is 0 Å². The molecule has 2 aromatic rings. The maximum Gasteiger partial charge on any atom is 0.336 e. The van der Waals surface area contributed by atoms with Gasteiger partial charge in [0.15, 0.2) is 0 Å². The van der Waals surface area contributed by atoms with Crippen LogP contribution in [0.1, 0.15) is 17.9 Å². The third-order valence-electron chi connectivity index (χ3n) is 4.50. The number of ether oxygens (including phenoxy) is 1. The zero-order valence-corrected chi connectivity index (χ0v) is 13.1. The number of esters is 1. The number of carbonyl (C=O) groups is 2. The highest BCUT2D eigenvalue weighted by Gasteiger charge is 2.42. The van der Waals surface area contributed by atoms with Crippen LogP contribution in [0.15, 0.2) is 59.8 Å². The topological polar surface area (TPSA) is 66.8 Å². The van der Waals surface area contributed by atoms with Crippen molar-refractivity contribution >= 4 is 17.6 Å². The van der Waals surface area contributed by atoms with Gasteiger partial charge in [-0.05, 0) is 42.0 Å². The Balaban J connectivity index is 1.81. The first-order valence-electron chi connectivity index (χ1n) is 7.82. The van der Waals surface area contributed by atoms with Crippen LogP contribution in [0.25, 0.3) is 0 Å². The Kier molecular flexibility index (Phi) is 3.53. The van der Waals surface area contributed by atoms with Crippen molar-refractivity contribution < 1.29 is 23.8 Å². The third kappa shape index (κ3) is 2.55. The minimum absolute atomic E-state index is 0.00582. The summed E-state index contributed by atoms with van der Waals surface area (Å²) >= 11 is 0. The lowest BCUT2D eigenvalue weighted by atomic mass is 9.84. The van der Waals surface area contributed by atoms with E-state index in [1.165, 1.54) is 41.3 Å². The van der Waals surface area contributed by atoms with Gasteiger partial charge in [0.1, 0.15) is 18.2 Å². The molecule has 4 rings (SSSR count).